The van der Waals surface area contributed by atoms with Gasteiger partial charge in [-0.15, -0.1) is 11.3 Å². The summed E-state index contributed by atoms with van der Waals surface area (Å²) >= 11 is 1.69. The molecule has 1 aromatic heterocycles. The van der Waals surface area contributed by atoms with Gasteiger partial charge in [-0.2, -0.15) is 4.31 Å². The molecule has 2 aliphatic rings. The van der Waals surface area contributed by atoms with E-state index >= 15 is 0 Å². The molecule has 1 fully saturated rings. The van der Waals surface area contributed by atoms with Crippen molar-refractivity contribution in [2.24, 2.45) is 5.92 Å². The molecule has 0 spiro atoms. The molecule has 0 radical (unpaired) electrons. The molecule has 0 amide bonds. The zero-order valence-electron chi connectivity index (χ0n) is 11.0. The molecule has 7 heteroatoms. The van der Waals surface area contributed by atoms with Gasteiger partial charge in [0, 0.05) is 11.4 Å². The molecule has 0 aromatic carbocycles. The van der Waals surface area contributed by atoms with Crippen LogP contribution in [0.15, 0.2) is 11.4 Å². The zero-order chi connectivity index (χ0) is 14.3. The SMILES string of the molecule is O=C(O)CCS(=O)(=O)N1CCc2sccc2C1C1CC1. The van der Waals surface area contributed by atoms with Gasteiger partial charge in [-0.25, -0.2) is 8.42 Å². The van der Waals surface area contributed by atoms with Gasteiger partial charge in [0.05, 0.1) is 18.2 Å². The number of thiophene rings is 1. The molecular formula is C13H17NO4S2. The number of carbonyl (C=O) groups is 1. The molecule has 1 saturated carbocycles. The minimum Gasteiger partial charge on any atom is -0.481 e. The molecule has 110 valence electrons. The average Bonchev–Trinajstić information content (AvgIpc) is 3.12. The van der Waals surface area contributed by atoms with Crippen molar-refractivity contribution in [1.29, 1.82) is 0 Å². The van der Waals surface area contributed by atoms with Crippen LogP contribution in [0.1, 0.15) is 35.7 Å². The summed E-state index contributed by atoms with van der Waals surface area (Å²) in [6.07, 6.45) is 2.53. The van der Waals surface area contributed by atoms with Gasteiger partial charge in [-0.1, -0.05) is 0 Å². The van der Waals surface area contributed by atoms with Crippen molar-refractivity contribution in [3.8, 4) is 0 Å². The lowest BCUT2D eigenvalue weighted by atomic mass is 9.98. The molecule has 1 aliphatic carbocycles. The average molecular weight is 315 g/mol. The first-order valence-electron chi connectivity index (χ1n) is 6.76. The number of hydrogen-bond donors (Lipinski definition) is 1. The van der Waals surface area contributed by atoms with E-state index in [1.807, 2.05) is 11.4 Å². The van der Waals surface area contributed by atoms with Gasteiger partial charge in [-0.05, 0) is 42.2 Å². The van der Waals surface area contributed by atoms with E-state index in [-0.39, 0.29) is 18.2 Å². The zero-order valence-corrected chi connectivity index (χ0v) is 12.6. The number of fused-ring (bicyclic) bond motifs is 1. The number of carboxylic acid groups (broad SMARTS) is 1. The maximum Gasteiger partial charge on any atom is 0.304 e. The number of rotatable bonds is 5. The first kappa shape index (κ1) is 14.0. The fourth-order valence-corrected chi connectivity index (χ4v) is 5.45. The molecule has 1 aliphatic heterocycles. The first-order chi connectivity index (χ1) is 9.49. The molecule has 3 rings (SSSR count). The van der Waals surface area contributed by atoms with E-state index in [9.17, 15) is 13.2 Å². The third kappa shape index (κ3) is 2.62. The summed E-state index contributed by atoms with van der Waals surface area (Å²) in [4.78, 5) is 11.9. The van der Waals surface area contributed by atoms with E-state index in [0.29, 0.717) is 12.5 Å². The Morgan fingerprint density at radius 2 is 2.20 bits per heavy atom. The Bertz CT molecular complexity index is 618. The van der Waals surface area contributed by atoms with Crippen LogP contribution in [0.4, 0.5) is 0 Å². The third-order valence-electron chi connectivity index (χ3n) is 3.97. The smallest absolute Gasteiger partial charge is 0.304 e. The number of nitrogens with zero attached hydrogens (tertiary/aromatic N) is 1. The molecular weight excluding hydrogens is 298 g/mol. The summed E-state index contributed by atoms with van der Waals surface area (Å²) in [7, 11) is -3.50. The van der Waals surface area contributed by atoms with Crippen LogP contribution in [0.3, 0.4) is 0 Å². The summed E-state index contributed by atoms with van der Waals surface area (Å²) in [5, 5.41) is 10.7. The number of sulfonamides is 1. The Kier molecular flexibility index (Phi) is 3.60. The van der Waals surface area contributed by atoms with Crippen molar-refractivity contribution in [1.82, 2.24) is 4.31 Å². The molecule has 0 saturated heterocycles. The molecule has 0 bridgehead atoms. The summed E-state index contributed by atoms with van der Waals surface area (Å²) in [6, 6.07) is 1.96. The van der Waals surface area contributed by atoms with Crippen molar-refractivity contribution in [3.63, 3.8) is 0 Å². The lowest BCUT2D eigenvalue weighted by molar-refractivity contribution is -0.136. The third-order valence-corrected chi connectivity index (χ3v) is 6.81. The van der Waals surface area contributed by atoms with Gasteiger partial charge < -0.3 is 5.11 Å². The second kappa shape index (κ2) is 5.13. The minimum atomic E-state index is -3.50. The fourth-order valence-electron chi connectivity index (χ4n) is 2.87. The van der Waals surface area contributed by atoms with E-state index < -0.39 is 16.0 Å². The quantitative estimate of drug-likeness (QED) is 0.900. The van der Waals surface area contributed by atoms with Gasteiger partial charge >= 0.3 is 5.97 Å². The summed E-state index contributed by atoms with van der Waals surface area (Å²) in [6.45, 7) is 0.483. The van der Waals surface area contributed by atoms with Crippen LogP contribution in [0.2, 0.25) is 0 Å². The predicted octanol–water partition coefficient (Wildman–Crippen LogP) is 1.86. The highest BCUT2D eigenvalue weighted by Crippen LogP contribution is 2.49. The summed E-state index contributed by atoms with van der Waals surface area (Å²) in [5.41, 5.74) is 1.14. The predicted molar refractivity (Wildman–Crippen MR) is 76.2 cm³/mol. The van der Waals surface area contributed by atoms with Gasteiger partial charge in [0.25, 0.3) is 0 Å². The molecule has 5 nitrogen and oxygen atoms in total. The van der Waals surface area contributed by atoms with E-state index in [1.54, 1.807) is 15.6 Å². The van der Waals surface area contributed by atoms with Crippen molar-refractivity contribution >= 4 is 27.3 Å². The Hall–Kier alpha value is -0.920. The van der Waals surface area contributed by atoms with Gasteiger partial charge in [-0.3, -0.25) is 4.79 Å². The Morgan fingerprint density at radius 3 is 2.85 bits per heavy atom. The van der Waals surface area contributed by atoms with Crippen LogP contribution in [-0.2, 0) is 21.2 Å². The van der Waals surface area contributed by atoms with Crippen LogP contribution in [0.5, 0.6) is 0 Å². The maximum atomic E-state index is 12.4. The monoisotopic (exact) mass is 315 g/mol. The Labute approximate surface area is 122 Å². The van der Waals surface area contributed by atoms with Crippen molar-refractivity contribution in [3.05, 3.63) is 21.9 Å². The van der Waals surface area contributed by atoms with Crippen molar-refractivity contribution in [2.75, 3.05) is 12.3 Å². The highest BCUT2D eigenvalue weighted by molar-refractivity contribution is 7.89. The molecule has 1 unspecified atom stereocenters. The number of aliphatic carboxylic acids is 1. The first-order valence-corrected chi connectivity index (χ1v) is 9.25. The second-order valence-corrected chi connectivity index (χ2v) is 8.44. The van der Waals surface area contributed by atoms with Crippen molar-refractivity contribution < 1.29 is 18.3 Å². The standard InChI is InChI=1S/C13H17NO4S2/c15-12(16)5-8-20(17,18)14-6-3-11-10(4-7-19-11)13(14)9-1-2-9/h4,7,9,13H,1-3,5-6,8H2,(H,15,16). The highest BCUT2D eigenvalue weighted by atomic mass is 32.2. The van der Waals surface area contributed by atoms with Crippen molar-refractivity contribution in [2.45, 2.75) is 31.7 Å². The number of carboxylic acids is 1. The van der Waals surface area contributed by atoms with E-state index in [4.69, 9.17) is 5.11 Å². The highest BCUT2D eigenvalue weighted by Gasteiger charge is 2.44. The normalized spacial score (nSPS) is 23.5. The van der Waals surface area contributed by atoms with Gasteiger partial charge in [0.15, 0.2) is 0 Å². The Balaban J connectivity index is 1.87. The van der Waals surface area contributed by atoms with Gasteiger partial charge in [0.2, 0.25) is 10.0 Å². The largest absolute Gasteiger partial charge is 0.481 e. The van der Waals surface area contributed by atoms with Gasteiger partial charge in [0.1, 0.15) is 0 Å². The van der Waals surface area contributed by atoms with E-state index in [0.717, 1.165) is 24.8 Å². The van der Waals surface area contributed by atoms with Crippen LogP contribution < -0.4 is 0 Å². The van der Waals surface area contributed by atoms with Crippen LogP contribution in [-0.4, -0.2) is 36.1 Å². The van der Waals surface area contributed by atoms with E-state index in [1.165, 1.54) is 4.88 Å². The topological polar surface area (TPSA) is 74.7 Å². The number of hydrogen-bond acceptors (Lipinski definition) is 4. The summed E-state index contributed by atoms with van der Waals surface area (Å²) < 4.78 is 26.4. The van der Waals surface area contributed by atoms with Crippen LogP contribution >= 0.6 is 11.3 Å². The molecule has 1 atom stereocenters. The fraction of sp³-hybridized carbons (Fsp3) is 0.615. The lowest BCUT2D eigenvalue weighted by Gasteiger charge is -2.35. The Morgan fingerprint density at radius 1 is 1.45 bits per heavy atom. The summed E-state index contributed by atoms with van der Waals surface area (Å²) in [5.74, 6) is -0.960. The molecule has 20 heavy (non-hydrogen) atoms. The van der Waals surface area contributed by atoms with E-state index in [2.05, 4.69) is 0 Å². The second-order valence-electron chi connectivity index (χ2n) is 5.40. The molecule has 1 N–H and O–H groups in total. The minimum absolute atomic E-state index is 0.0659. The molecule has 1 aromatic rings. The van der Waals surface area contributed by atoms with Crippen LogP contribution in [0, 0.1) is 5.92 Å². The molecule has 2 heterocycles. The van der Waals surface area contributed by atoms with Crippen LogP contribution in [0.25, 0.3) is 0 Å². The maximum absolute atomic E-state index is 12.4. The lowest BCUT2D eigenvalue weighted by Crippen LogP contribution is -2.41.